The first-order chi connectivity index (χ1) is 17.5. The van der Waals surface area contributed by atoms with Crippen LogP contribution >= 0.6 is 0 Å². The van der Waals surface area contributed by atoms with Gasteiger partial charge in [0.15, 0.2) is 0 Å². The van der Waals surface area contributed by atoms with E-state index in [1.54, 1.807) is 6.20 Å². The Balaban J connectivity index is 1.47. The number of piperazine rings is 1. The van der Waals surface area contributed by atoms with Gasteiger partial charge in [-0.1, -0.05) is 0 Å². The third-order valence-corrected chi connectivity index (χ3v) is 7.47. The summed E-state index contributed by atoms with van der Waals surface area (Å²) < 4.78 is 5.64. The number of nitrogens with one attached hydrogen (secondary N) is 1. The van der Waals surface area contributed by atoms with Gasteiger partial charge in [-0.25, -0.2) is 4.98 Å². The van der Waals surface area contributed by atoms with Crippen molar-refractivity contribution in [2.24, 2.45) is 5.73 Å². The molecule has 0 spiro atoms. The maximum absolute atomic E-state index is 9.51. The number of aromatic nitrogens is 2. The van der Waals surface area contributed by atoms with Crippen molar-refractivity contribution in [2.45, 2.75) is 25.3 Å². The molecule has 0 bridgehead atoms. The van der Waals surface area contributed by atoms with Crippen LogP contribution in [-0.4, -0.2) is 91.8 Å². The lowest BCUT2D eigenvalue weighted by Crippen LogP contribution is -2.60. The van der Waals surface area contributed by atoms with Crippen molar-refractivity contribution >= 4 is 11.4 Å². The van der Waals surface area contributed by atoms with Crippen LogP contribution in [-0.2, 0) is 0 Å². The standard InChI is InChI=1S/C27H38N8O/c1-4-36-23-15-24(26(32-19-23)22(16-28)17-29)21-5-6-25(31-18-21)35-9-7-27(30-2,8-10-35)20-34-13-11-33(3)12-14-34/h5-6,15-16,18-19,30H,4,7-14,20,28H2,1-3H3. The molecule has 3 N–H and O–H groups in total. The van der Waals surface area contributed by atoms with Crippen molar-refractivity contribution < 1.29 is 4.74 Å². The van der Waals surface area contributed by atoms with E-state index in [1.807, 2.05) is 25.3 Å². The Morgan fingerprint density at radius 2 is 1.92 bits per heavy atom. The van der Waals surface area contributed by atoms with Gasteiger partial charge in [-0.15, -0.1) is 0 Å². The minimum atomic E-state index is 0.148. The van der Waals surface area contributed by atoms with Crippen LogP contribution in [0.5, 0.6) is 5.75 Å². The van der Waals surface area contributed by atoms with Gasteiger partial charge >= 0.3 is 0 Å². The van der Waals surface area contributed by atoms with Gasteiger partial charge in [0, 0.05) is 74.9 Å². The Kier molecular flexibility index (Phi) is 8.41. The van der Waals surface area contributed by atoms with Crippen LogP contribution in [0, 0.1) is 11.3 Å². The van der Waals surface area contributed by atoms with Crippen LogP contribution < -0.4 is 20.7 Å². The highest BCUT2D eigenvalue weighted by Crippen LogP contribution is 2.32. The van der Waals surface area contributed by atoms with E-state index in [9.17, 15) is 5.26 Å². The number of hydrogen-bond donors (Lipinski definition) is 2. The van der Waals surface area contributed by atoms with Crippen molar-refractivity contribution in [3.8, 4) is 22.9 Å². The molecule has 2 aliphatic rings. The number of nitriles is 1. The summed E-state index contributed by atoms with van der Waals surface area (Å²) in [6.45, 7) is 10.0. The zero-order valence-corrected chi connectivity index (χ0v) is 21.7. The van der Waals surface area contributed by atoms with Crippen LogP contribution in [0.2, 0.25) is 0 Å². The van der Waals surface area contributed by atoms with E-state index < -0.39 is 0 Å². The minimum absolute atomic E-state index is 0.148. The van der Waals surface area contributed by atoms with Crippen LogP contribution in [0.25, 0.3) is 16.7 Å². The molecule has 0 saturated carbocycles. The molecule has 4 rings (SSSR count). The van der Waals surface area contributed by atoms with Crippen molar-refractivity contribution in [2.75, 3.05) is 71.4 Å². The van der Waals surface area contributed by atoms with Crippen molar-refractivity contribution in [1.29, 1.82) is 5.26 Å². The Labute approximate surface area is 214 Å². The first-order valence-electron chi connectivity index (χ1n) is 12.8. The fourth-order valence-corrected chi connectivity index (χ4v) is 5.11. The van der Waals surface area contributed by atoms with E-state index in [1.165, 1.54) is 6.20 Å². The maximum atomic E-state index is 9.51. The molecule has 2 aromatic heterocycles. The third kappa shape index (κ3) is 5.78. The summed E-state index contributed by atoms with van der Waals surface area (Å²) in [5, 5.41) is 13.2. The number of likely N-dealkylation sites (N-methyl/N-ethyl adjacent to an activating group) is 2. The SMILES string of the molecule is CCOc1cnc(C(C#N)=CN)c(-c2ccc(N3CCC(CN4CCN(C)CC4)(NC)CC3)nc2)c1. The summed E-state index contributed by atoms with van der Waals surface area (Å²) in [4.78, 5) is 16.6. The Hall–Kier alpha value is -3.19. The quantitative estimate of drug-likeness (QED) is 0.539. The van der Waals surface area contributed by atoms with Crippen molar-refractivity contribution in [3.05, 3.63) is 42.5 Å². The lowest BCUT2D eigenvalue weighted by molar-refractivity contribution is 0.105. The van der Waals surface area contributed by atoms with Crippen LogP contribution in [0.4, 0.5) is 5.82 Å². The summed E-state index contributed by atoms with van der Waals surface area (Å²) in [7, 11) is 4.30. The summed E-state index contributed by atoms with van der Waals surface area (Å²) in [6.07, 6.45) is 6.92. The second-order valence-electron chi connectivity index (χ2n) is 9.69. The Morgan fingerprint density at radius 3 is 2.50 bits per heavy atom. The van der Waals surface area contributed by atoms with Gasteiger partial charge < -0.3 is 25.6 Å². The molecule has 2 aromatic rings. The highest BCUT2D eigenvalue weighted by atomic mass is 16.5. The zero-order chi connectivity index (χ0) is 25.5. The van der Waals surface area contributed by atoms with E-state index in [2.05, 4.69) is 51.2 Å². The van der Waals surface area contributed by atoms with Crippen LogP contribution in [0.3, 0.4) is 0 Å². The molecule has 36 heavy (non-hydrogen) atoms. The van der Waals surface area contributed by atoms with E-state index in [-0.39, 0.29) is 5.54 Å². The summed E-state index contributed by atoms with van der Waals surface area (Å²) >= 11 is 0. The molecule has 0 atom stereocenters. The third-order valence-electron chi connectivity index (χ3n) is 7.47. The summed E-state index contributed by atoms with van der Waals surface area (Å²) in [5.41, 5.74) is 8.33. The number of allylic oxidation sites excluding steroid dienone is 1. The highest BCUT2D eigenvalue weighted by Gasteiger charge is 2.35. The van der Waals surface area contributed by atoms with Gasteiger partial charge in [0.25, 0.3) is 0 Å². The number of anilines is 1. The lowest BCUT2D eigenvalue weighted by Gasteiger charge is -2.46. The molecule has 0 radical (unpaired) electrons. The number of piperidine rings is 1. The second kappa shape index (κ2) is 11.7. The number of pyridine rings is 2. The first-order valence-corrected chi connectivity index (χ1v) is 12.8. The molecule has 2 saturated heterocycles. The van der Waals surface area contributed by atoms with Gasteiger partial charge in [-0.2, -0.15) is 5.26 Å². The first kappa shape index (κ1) is 25.9. The number of nitrogens with two attached hydrogens (primary N) is 1. The highest BCUT2D eigenvalue weighted by molar-refractivity contribution is 5.85. The van der Waals surface area contributed by atoms with Gasteiger partial charge in [-0.05, 0) is 52.1 Å². The molecular formula is C27H38N8O. The molecule has 9 nitrogen and oxygen atoms in total. The maximum Gasteiger partial charge on any atom is 0.138 e. The molecule has 0 amide bonds. The lowest BCUT2D eigenvalue weighted by atomic mass is 9.86. The number of rotatable bonds is 8. The molecule has 192 valence electrons. The van der Waals surface area contributed by atoms with Crippen molar-refractivity contribution in [3.63, 3.8) is 0 Å². The average molecular weight is 491 g/mol. The fraction of sp³-hybridized carbons (Fsp3) is 0.519. The molecule has 0 aromatic carbocycles. The van der Waals surface area contributed by atoms with Gasteiger partial charge in [0.2, 0.25) is 0 Å². The predicted octanol–water partition coefficient (Wildman–Crippen LogP) is 2.17. The summed E-state index contributed by atoms with van der Waals surface area (Å²) in [6, 6.07) is 8.11. The molecule has 0 unspecified atom stereocenters. The average Bonchev–Trinajstić information content (AvgIpc) is 2.92. The molecule has 4 heterocycles. The van der Waals surface area contributed by atoms with E-state index in [4.69, 9.17) is 15.5 Å². The minimum Gasteiger partial charge on any atom is -0.492 e. The smallest absolute Gasteiger partial charge is 0.138 e. The van der Waals surface area contributed by atoms with Crippen LogP contribution in [0.15, 0.2) is 36.8 Å². The van der Waals surface area contributed by atoms with E-state index >= 15 is 0 Å². The normalized spacial score (nSPS) is 19.2. The summed E-state index contributed by atoms with van der Waals surface area (Å²) in [5.74, 6) is 1.61. The molecule has 0 aliphatic carbocycles. The van der Waals surface area contributed by atoms with E-state index in [0.29, 0.717) is 23.6 Å². The fourth-order valence-electron chi connectivity index (χ4n) is 5.11. The molecule has 2 aliphatic heterocycles. The van der Waals surface area contributed by atoms with Crippen molar-refractivity contribution in [1.82, 2.24) is 25.1 Å². The zero-order valence-electron chi connectivity index (χ0n) is 21.7. The topological polar surface area (TPSA) is 107 Å². The molecular weight excluding hydrogens is 452 g/mol. The van der Waals surface area contributed by atoms with Crippen LogP contribution in [0.1, 0.15) is 25.5 Å². The van der Waals surface area contributed by atoms with Gasteiger partial charge in [0.05, 0.1) is 24.1 Å². The molecule has 2 fully saturated rings. The number of ether oxygens (including phenoxy) is 1. The largest absolute Gasteiger partial charge is 0.492 e. The second-order valence-corrected chi connectivity index (χ2v) is 9.69. The molecule has 9 heteroatoms. The van der Waals surface area contributed by atoms with E-state index in [0.717, 1.165) is 75.6 Å². The van der Waals surface area contributed by atoms with Gasteiger partial charge in [0.1, 0.15) is 17.6 Å². The Morgan fingerprint density at radius 1 is 1.17 bits per heavy atom. The Bertz CT molecular complexity index is 1080. The number of nitrogens with zero attached hydrogens (tertiary/aromatic N) is 6. The monoisotopic (exact) mass is 490 g/mol. The number of hydrogen-bond acceptors (Lipinski definition) is 9. The van der Waals surface area contributed by atoms with Gasteiger partial charge in [-0.3, -0.25) is 9.88 Å². The predicted molar refractivity (Wildman–Crippen MR) is 144 cm³/mol.